The minimum absolute atomic E-state index is 0.00405. The van der Waals surface area contributed by atoms with Crippen molar-refractivity contribution >= 4 is 27.3 Å². The van der Waals surface area contributed by atoms with Crippen molar-refractivity contribution in [3.63, 3.8) is 0 Å². The van der Waals surface area contributed by atoms with E-state index in [9.17, 15) is 13.5 Å². The molecule has 7 heteroatoms. The van der Waals surface area contributed by atoms with Gasteiger partial charge in [0, 0.05) is 12.4 Å². The van der Waals surface area contributed by atoms with Crippen LogP contribution in [0, 0.1) is 0 Å². The molecule has 0 saturated heterocycles. The second kappa shape index (κ2) is 4.83. The second-order valence-corrected chi connectivity index (χ2v) is 5.52. The number of halogens is 1. The first-order valence-electron chi connectivity index (χ1n) is 4.91. The van der Waals surface area contributed by atoms with Gasteiger partial charge < -0.3 is 5.11 Å². The van der Waals surface area contributed by atoms with E-state index in [1.807, 2.05) is 0 Å². The summed E-state index contributed by atoms with van der Waals surface area (Å²) in [4.78, 5) is 3.73. The van der Waals surface area contributed by atoms with Gasteiger partial charge in [0.25, 0.3) is 10.0 Å². The summed E-state index contributed by atoms with van der Waals surface area (Å²) in [6.07, 6.45) is 2.68. The van der Waals surface area contributed by atoms with E-state index in [0.717, 1.165) is 0 Å². The average Bonchev–Trinajstić information content (AvgIpc) is 2.36. The maximum atomic E-state index is 12.0. The van der Waals surface area contributed by atoms with E-state index in [0.29, 0.717) is 0 Å². The molecule has 0 atom stereocenters. The van der Waals surface area contributed by atoms with Crippen molar-refractivity contribution in [1.29, 1.82) is 0 Å². The number of phenolic OH excluding ortho intramolecular Hbond substituents is 1. The number of sulfonamides is 1. The highest BCUT2D eigenvalue weighted by Crippen LogP contribution is 2.32. The Morgan fingerprint density at radius 2 is 2.00 bits per heavy atom. The number of para-hydroxylation sites is 1. The molecule has 0 amide bonds. The molecule has 2 aromatic rings. The lowest BCUT2D eigenvalue weighted by Gasteiger charge is -2.09. The fraction of sp³-hybridized carbons (Fsp3) is 0. The predicted octanol–water partition coefficient (Wildman–Crippen LogP) is 2.24. The summed E-state index contributed by atoms with van der Waals surface area (Å²) >= 11 is 5.69. The zero-order valence-electron chi connectivity index (χ0n) is 9.04. The molecular weight excluding hydrogens is 276 g/mol. The monoisotopic (exact) mass is 284 g/mol. The maximum Gasteiger partial charge on any atom is 0.263 e. The van der Waals surface area contributed by atoms with Crippen molar-refractivity contribution in [2.45, 2.75) is 4.90 Å². The smallest absolute Gasteiger partial charge is 0.263 e. The van der Waals surface area contributed by atoms with Crippen molar-refractivity contribution in [2.24, 2.45) is 0 Å². The number of anilines is 1. The van der Waals surface area contributed by atoms with Crippen LogP contribution in [-0.4, -0.2) is 18.5 Å². The summed E-state index contributed by atoms with van der Waals surface area (Å²) in [5.74, 6) is -0.313. The molecule has 0 aliphatic carbocycles. The van der Waals surface area contributed by atoms with Gasteiger partial charge in [-0.25, -0.2) is 8.42 Å². The van der Waals surface area contributed by atoms with Crippen LogP contribution >= 0.6 is 11.6 Å². The number of benzene rings is 1. The number of hydrogen-bond acceptors (Lipinski definition) is 4. The van der Waals surface area contributed by atoms with Gasteiger partial charge in [-0.05, 0) is 24.3 Å². The first-order chi connectivity index (χ1) is 8.50. The Bertz CT molecular complexity index is 659. The van der Waals surface area contributed by atoms with Crippen molar-refractivity contribution in [3.8, 4) is 5.75 Å². The van der Waals surface area contributed by atoms with Gasteiger partial charge in [-0.2, -0.15) is 0 Å². The van der Waals surface area contributed by atoms with Crippen LogP contribution < -0.4 is 4.72 Å². The molecule has 0 saturated carbocycles. The average molecular weight is 285 g/mol. The number of nitrogens with zero attached hydrogens (tertiary/aromatic N) is 1. The van der Waals surface area contributed by atoms with E-state index >= 15 is 0 Å². The van der Waals surface area contributed by atoms with Gasteiger partial charge in [0.05, 0.1) is 10.7 Å². The van der Waals surface area contributed by atoms with Gasteiger partial charge in [0.15, 0.2) is 5.75 Å². The number of aromatic nitrogens is 1. The van der Waals surface area contributed by atoms with Crippen LogP contribution in [0.5, 0.6) is 5.75 Å². The second-order valence-electron chi connectivity index (χ2n) is 3.43. The molecule has 2 N–H and O–H groups in total. The van der Waals surface area contributed by atoms with E-state index in [-0.39, 0.29) is 21.4 Å². The lowest BCUT2D eigenvalue weighted by Crippen LogP contribution is -2.13. The topological polar surface area (TPSA) is 79.3 Å². The Balaban J connectivity index is 2.37. The third kappa shape index (κ3) is 2.55. The largest absolute Gasteiger partial charge is 0.504 e. The van der Waals surface area contributed by atoms with Crippen LogP contribution in [-0.2, 0) is 10.0 Å². The summed E-state index contributed by atoms with van der Waals surface area (Å²) in [6, 6.07) is 7.31. The lowest BCUT2D eigenvalue weighted by molar-refractivity contribution is 0.478. The zero-order chi connectivity index (χ0) is 13.2. The van der Waals surface area contributed by atoms with E-state index < -0.39 is 10.0 Å². The molecule has 1 aromatic heterocycles. The highest BCUT2D eigenvalue weighted by atomic mass is 35.5. The first-order valence-corrected chi connectivity index (χ1v) is 6.77. The van der Waals surface area contributed by atoms with Crippen LogP contribution in [0.4, 0.5) is 5.69 Å². The summed E-state index contributed by atoms with van der Waals surface area (Å²) in [6.45, 7) is 0. The van der Waals surface area contributed by atoms with E-state index in [2.05, 4.69) is 9.71 Å². The van der Waals surface area contributed by atoms with Crippen molar-refractivity contribution in [2.75, 3.05) is 4.72 Å². The molecule has 0 fully saturated rings. The zero-order valence-corrected chi connectivity index (χ0v) is 10.6. The standard InChI is InChI=1S/C11H9ClN2O3S/c12-9-4-1-5-10(11(9)15)14-18(16,17)8-3-2-6-13-7-8/h1-7,14-15H. The number of phenols is 1. The van der Waals surface area contributed by atoms with Crippen molar-refractivity contribution in [3.05, 3.63) is 47.7 Å². The Morgan fingerprint density at radius 3 is 2.67 bits per heavy atom. The third-order valence-corrected chi connectivity index (χ3v) is 3.83. The molecule has 0 aliphatic heterocycles. The molecule has 0 unspecified atom stereocenters. The van der Waals surface area contributed by atoms with Gasteiger partial charge >= 0.3 is 0 Å². The summed E-state index contributed by atoms with van der Waals surface area (Å²) in [5, 5.41) is 9.70. The fourth-order valence-corrected chi connectivity index (χ4v) is 2.51. The molecular formula is C11H9ClN2O3S. The first kappa shape index (κ1) is 12.7. The molecule has 1 heterocycles. The highest BCUT2D eigenvalue weighted by Gasteiger charge is 2.16. The van der Waals surface area contributed by atoms with E-state index in [1.165, 1.54) is 42.7 Å². The summed E-state index contributed by atoms with van der Waals surface area (Å²) in [5.41, 5.74) is 0.0198. The number of pyridine rings is 1. The van der Waals surface area contributed by atoms with Crippen LogP contribution in [0.15, 0.2) is 47.6 Å². The third-order valence-electron chi connectivity index (χ3n) is 2.18. The van der Waals surface area contributed by atoms with Crippen LogP contribution in [0.25, 0.3) is 0 Å². The normalized spacial score (nSPS) is 11.2. The fourth-order valence-electron chi connectivity index (χ4n) is 1.31. The summed E-state index contributed by atoms with van der Waals surface area (Å²) < 4.78 is 26.2. The molecule has 0 bridgehead atoms. The van der Waals surface area contributed by atoms with Gasteiger partial charge in [0.2, 0.25) is 0 Å². The van der Waals surface area contributed by atoms with Crippen LogP contribution in [0.3, 0.4) is 0 Å². The Morgan fingerprint density at radius 1 is 1.22 bits per heavy atom. The van der Waals surface area contributed by atoms with Crippen LogP contribution in [0.2, 0.25) is 5.02 Å². The van der Waals surface area contributed by atoms with Gasteiger partial charge in [-0.3, -0.25) is 9.71 Å². The molecule has 94 valence electrons. The predicted molar refractivity (Wildman–Crippen MR) is 68.2 cm³/mol. The van der Waals surface area contributed by atoms with Crippen LogP contribution in [0.1, 0.15) is 0 Å². The molecule has 5 nitrogen and oxygen atoms in total. The van der Waals surface area contributed by atoms with Gasteiger partial charge in [-0.15, -0.1) is 0 Å². The molecule has 0 aliphatic rings. The van der Waals surface area contributed by atoms with Crippen molar-refractivity contribution in [1.82, 2.24) is 4.98 Å². The Labute approximate surface area is 109 Å². The minimum atomic E-state index is -3.78. The minimum Gasteiger partial charge on any atom is -0.504 e. The van der Waals surface area contributed by atoms with Gasteiger partial charge in [-0.1, -0.05) is 17.7 Å². The van der Waals surface area contributed by atoms with E-state index in [1.54, 1.807) is 0 Å². The molecule has 0 spiro atoms. The summed E-state index contributed by atoms with van der Waals surface area (Å²) in [7, 11) is -3.78. The van der Waals surface area contributed by atoms with Crippen molar-refractivity contribution < 1.29 is 13.5 Å². The quantitative estimate of drug-likeness (QED) is 0.847. The molecule has 1 aromatic carbocycles. The number of rotatable bonds is 3. The highest BCUT2D eigenvalue weighted by molar-refractivity contribution is 7.92. The molecule has 0 radical (unpaired) electrons. The van der Waals surface area contributed by atoms with Gasteiger partial charge in [0.1, 0.15) is 4.90 Å². The SMILES string of the molecule is O=S(=O)(Nc1cccc(Cl)c1O)c1cccnc1. The maximum absolute atomic E-state index is 12.0. The number of hydrogen-bond donors (Lipinski definition) is 2. The number of aromatic hydroxyl groups is 1. The Hall–Kier alpha value is -1.79. The van der Waals surface area contributed by atoms with E-state index in [4.69, 9.17) is 11.6 Å². The Kier molecular flexibility index (Phi) is 3.40. The molecule has 18 heavy (non-hydrogen) atoms. The molecule has 2 rings (SSSR count). The lowest BCUT2D eigenvalue weighted by atomic mass is 10.3. The number of nitrogens with one attached hydrogen (secondary N) is 1.